The summed E-state index contributed by atoms with van der Waals surface area (Å²) in [6, 6.07) is 8.87. The van der Waals surface area contributed by atoms with Gasteiger partial charge < -0.3 is 10.1 Å². The molecule has 0 unspecified atom stereocenters. The van der Waals surface area contributed by atoms with Crippen LogP contribution in [0.2, 0.25) is 0 Å². The van der Waals surface area contributed by atoms with Gasteiger partial charge in [-0.1, -0.05) is 58.4 Å². The number of hydrogen-bond donors (Lipinski definition) is 1. The molecular weight excluding hydrogens is 246 g/mol. The lowest BCUT2D eigenvalue weighted by Gasteiger charge is -2.15. The van der Waals surface area contributed by atoms with Gasteiger partial charge in [-0.3, -0.25) is 0 Å². The van der Waals surface area contributed by atoms with Crippen molar-refractivity contribution >= 4 is 6.08 Å². The minimum Gasteiger partial charge on any atom is -0.494 e. The molecule has 1 aromatic rings. The van der Waals surface area contributed by atoms with Gasteiger partial charge in [0.2, 0.25) is 0 Å². The Hall–Kier alpha value is -1.28. The fourth-order valence-electron chi connectivity index (χ4n) is 1.84. The van der Waals surface area contributed by atoms with Crippen LogP contribution in [0, 0.1) is 5.92 Å². The highest BCUT2D eigenvalue weighted by Crippen LogP contribution is 2.18. The summed E-state index contributed by atoms with van der Waals surface area (Å²) < 4.78 is 5.61. The molecule has 20 heavy (non-hydrogen) atoms. The van der Waals surface area contributed by atoms with Crippen molar-refractivity contribution in [3.05, 3.63) is 35.4 Å². The SMILES string of the molecule is CCCOc1ccc(C=C(CNC(C)C)C(C)C)cc1. The first-order chi connectivity index (χ1) is 9.52. The van der Waals surface area contributed by atoms with Crippen LogP contribution in [0.1, 0.15) is 46.6 Å². The van der Waals surface area contributed by atoms with Gasteiger partial charge in [-0.25, -0.2) is 0 Å². The molecule has 0 aromatic heterocycles. The van der Waals surface area contributed by atoms with E-state index in [4.69, 9.17) is 4.74 Å². The number of benzene rings is 1. The summed E-state index contributed by atoms with van der Waals surface area (Å²) in [4.78, 5) is 0. The molecular formula is C18H29NO. The molecule has 0 saturated carbocycles. The Labute approximate surface area is 124 Å². The summed E-state index contributed by atoms with van der Waals surface area (Å²) in [5.41, 5.74) is 2.67. The first kappa shape index (κ1) is 16.8. The standard InChI is InChI=1S/C18H29NO/c1-6-11-20-18-9-7-16(8-10-18)12-17(14(2)3)13-19-15(4)5/h7-10,12,14-15,19H,6,11,13H2,1-5H3. The summed E-state index contributed by atoms with van der Waals surface area (Å²) in [7, 11) is 0. The van der Waals surface area contributed by atoms with Gasteiger partial charge in [0.1, 0.15) is 5.75 Å². The van der Waals surface area contributed by atoms with Gasteiger partial charge in [-0.05, 0) is 30.0 Å². The van der Waals surface area contributed by atoms with Gasteiger partial charge in [0, 0.05) is 12.6 Å². The Bertz CT molecular complexity index is 404. The van der Waals surface area contributed by atoms with Crippen LogP contribution in [-0.2, 0) is 0 Å². The van der Waals surface area contributed by atoms with Gasteiger partial charge in [0.25, 0.3) is 0 Å². The zero-order valence-corrected chi connectivity index (χ0v) is 13.6. The predicted molar refractivity (Wildman–Crippen MR) is 88.2 cm³/mol. The summed E-state index contributed by atoms with van der Waals surface area (Å²) in [5, 5.41) is 3.49. The smallest absolute Gasteiger partial charge is 0.119 e. The average Bonchev–Trinajstić information content (AvgIpc) is 2.42. The van der Waals surface area contributed by atoms with E-state index in [0.29, 0.717) is 12.0 Å². The second-order valence-electron chi connectivity index (χ2n) is 5.83. The molecule has 0 aliphatic rings. The molecule has 0 aliphatic heterocycles. The second-order valence-corrected chi connectivity index (χ2v) is 5.83. The molecule has 112 valence electrons. The lowest BCUT2D eigenvalue weighted by Crippen LogP contribution is -2.26. The summed E-state index contributed by atoms with van der Waals surface area (Å²) >= 11 is 0. The molecule has 0 atom stereocenters. The normalized spacial score (nSPS) is 12.2. The quantitative estimate of drug-likeness (QED) is 0.753. The van der Waals surface area contributed by atoms with Gasteiger partial charge in [-0.15, -0.1) is 0 Å². The van der Waals surface area contributed by atoms with E-state index in [-0.39, 0.29) is 0 Å². The lowest BCUT2D eigenvalue weighted by molar-refractivity contribution is 0.317. The fraction of sp³-hybridized carbons (Fsp3) is 0.556. The Morgan fingerprint density at radius 2 is 1.80 bits per heavy atom. The van der Waals surface area contributed by atoms with Crippen molar-refractivity contribution in [1.82, 2.24) is 5.32 Å². The minimum atomic E-state index is 0.516. The molecule has 0 amide bonds. The summed E-state index contributed by atoms with van der Waals surface area (Å²) in [6.45, 7) is 12.7. The fourth-order valence-corrected chi connectivity index (χ4v) is 1.84. The Balaban J connectivity index is 2.72. The second kappa shape index (κ2) is 8.80. The van der Waals surface area contributed by atoms with Crippen LogP contribution >= 0.6 is 0 Å². The summed E-state index contributed by atoms with van der Waals surface area (Å²) in [5.74, 6) is 1.51. The molecule has 1 N–H and O–H groups in total. The molecule has 0 bridgehead atoms. The van der Waals surface area contributed by atoms with Crippen LogP contribution in [0.25, 0.3) is 6.08 Å². The van der Waals surface area contributed by atoms with Crippen molar-refractivity contribution in [3.8, 4) is 5.75 Å². The third-order valence-corrected chi connectivity index (χ3v) is 3.16. The lowest BCUT2D eigenvalue weighted by atomic mass is 10.00. The highest BCUT2D eigenvalue weighted by molar-refractivity contribution is 5.54. The van der Waals surface area contributed by atoms with Crippen LogP contribution in [0.4, 0.5) is 0 Å². The number of nitrogens with one attached hydrogen (secondary N) is 1. The molecule has 0 saturated heterocycles. The van der Waals surface area contributed by atoms with E-state index in [2.05, 4.69) is 70.3 Å². The van der Waals surface area contributed by atoms with Crippen LogP contribution in [0.15, 0.2) is 29.8 Å². The van der Waals surface area contributed by atoms with E-state index < -0.39 is 0 Å². The monoisotopic (exact) mass is 275 g/mol. The molecule has 0 fully saturated rings. The number of hydrogen-bond acceptors (Lipinski definition) is 2. The zero-order chi connectivity index (χ0) is 15.0. The number of ether oxygens (including phenoxy) is 1. The number of rotatable bonds is 8. The topological polar surface area (TPSA) is 21.3 Å². The van der Waals surface area contributed by atoms with Gasteiger partial charge >= 0.3 is 0 Å². The van der Waals surface area contributed by atoms with E-state index in [1.807, 2.05) is 0 Å². The summed E-state index contributed by atoms with van der Waals surface area (Å²) in [6.07, 6.45) is 3.32. The Kier molecular flexibility index (Phi) is 7.38. The van der Waals surface area contributed by atoms with E-state index in [9.17, 15) is 0 Å². The van der Waals surface area contributed by atoms with E-state index in [1.54, 1.807) is 0 Å². The minimum absolute atomic E-state index is 0.516. The van der Waals surface area contributed by atoms with Crippen molar-refractivity contribution in [2.45, 2.75) is 47.1 Å². The molecule has 0 spiro atoms. The van der Waals surface area contributed by atoms with Crippen molar-refractivity contribution in [2.24, 2.45) is 5.92 Å². The molecule has 0 heterocycles. The molecule has 1 aromatic carbocycles. The molecule has 2 nitrogen and oxygen atoms in total. The maximum atomic E-state index is 5.61. The largest absolute Gasteiger partial charge is 0.494 e. The van der Waals surface area contributed by atoms with Crippen LogP contribution < -0.4 is 10.1 Å². The first-order valence-electron chi connectivity index (χ1n) is 7.69. The van der Waals surface area contributed by atoms with Crippen LogP contribution in [-0.4, -0.2) is 19.2 Å². The maximum absolute atomic E-state index is 5.61. The molecule has 0 radical (unpaired) electrons. The van der Waals surface area contributed by atoms with Crippen LogP contribution in [0.3, 0.4) is 0 Å². The van der Waals surface area contributed by atoms with E-state index in [0.717, 1.165) is 25.3 Å². The zero-order valence-electron chi connectivity index (χ0n) is 13.6. The Morgan fingerprint density at radius 3 is 2.30 bits per heavy atom. The van der Waals surface area contributed by atoms with E-state index in [1.165, 1.54) is 11.1 Å². The highest BCUT2D eigenvalue weighted by Gasteiger charge is 2.04. The highest BCUT2D eigenvalue weighted by atomic mass is 16.5. The van der Waals surface area contributed by atoms with Gasteiger partial charge in [-0.2, -0.15) is 0 Å². The van der Waals surface area contributed by atoms with Crippen LogP contribution in [0.5, 0.6) is 5.75 Å². The van der Waals surface area contributed by atoms with Gasteiger partial charge in [0.05, 0.1) is 6.61 Å². The van der Waals surface area contributed by atoms with Crippen molar-refractivity contribution < 1.29 is 4.74 Å². The van der Waals surface area contributed by atoms with Crippen molar-refractivity contribution in [1.29, 1.82) is 0 Å². The van der Waals surface area contributed by atoms with Gasteiger partial charge in [0.15, 0.2) is 0 Å². The average molecular weight is 275 g/mol. The molecule has 0 aliphatic carbocycles. The molecule has 1 rings (SSSR count). The third kappa shape index (κ3) is 6.25. The van der Waals surface area contributed by atoms with Crippen molar-refractivity contribution in [2.75, 3.05) is 13.2 Å². The Morgan fingerprint density at radius 1 is 1.15 bits per heavy atom. The van der Waals surface area contributed by atoms with Crippen molar-refractivity contribution in [3.63, 3.8) is 0 Å². The van der Waals surface area contributed by atoms with E-state index >= 15 is 0 Å². The first-order valence-corrected chi connectivity index (χ1v) is 7.69. The maximum Gasteiger partial charge on any atom is 0.119 e. The predicted octanol–water partition coefficient (Wildman–Crippen LogP) is 4.51. The molecule has 2 heteroatoms. The third-order valence-electron chi connectivity index (χ3n) is 3.16.